The summed E-state index contributed by atoms with van der Waals surface area (Å²) in [6.45, 7) is 2.35. The molecule has 0 spiro atoms. The fourth-order valence-corrected chi connectivity index (χ4v) is 2.34. The molecular formula is C14H18N6. The number of imidazole rings is 1. The van der Waals surface area contributed by atoms with Gasteiger partial charge in [-0.05, 0) is 19.2 Å². The highest BCUT2D eigenvalue weighted by atomic mass is 15.1. The van der Waals surface area contributed by atoms with E-state index < -0.39 is 0 Å². The normalized spacial score (nSPS) is 11.6. The Morgan fingerprint density at radius 1 is 1.40 bits per heavy atom. The number of pyridine rings is 1. The minimum absolute atomic E-state index is 0.657. The third-order valence-corrected chi connectivity index (χ3v) is 3.35. The van der Waals surface area contributed by atoms with Gasteiger partial charge in [0.1, 0.15) is 5.65 Å². The number of hydrogen-bond acceptors (Lipinski definition) is 4. The van der Waals surface area contributed by atoms with Gasteiger partial charge in [0.05, 0.1) is 11.9 Å². The lowest BCUT2D eigenvalue weighted by molar-refractivity contribution is 0.337. The zero-order valence-electron chi connectivity index (χ0n) is 11.5. The van der Waals surface area contributed by atoms with E-state index in [-0.39, 0.29) is 0 Å². The van der Waals surface area contributed by atoms with E-state index in [1.165, 1.54) is 5.56 Å². The van der Waals surface area contributed by atoms with Crippen molar-refractivity contribution in [2.24, 2.45) is 5.73 Å². The van der Waals surface area contributed by atoms with Crippen LogP contribution in [-0.4, -0.2) is 44.6 Å². The van der Waals surface area contributed by atoms with Crippen LogP contribution in [0.3, 0.4) is 0 Å². The van der Waals surface area contributed by atoms with Crippen molar-refractivity contribution in [2.45, 2.75) is 6.54 Å². The number of fused-ring (bicyclic) bond motifs is 1. The van der Waals surface area contributed by atoms with Crippen molar-refractivity contribution in [3.8, 4) is 11.3 Å². The predicted molar refractivity (Wildman–Crippen MR) is 78.2 cm³/mol. The first kappa shape index (κ1) is 12.8. The molecule has 0 bridgehead atoms. The summed E-state index contributed by atoms with van der Waals surface area (Å²) >= 11 is 0. The maximum absolute atomic E-state index is 5.58. The summed E-state index contributed by atoms with van der Waals surface area (Å²) < 4.78 is 2.00. The minimum Gasteiger partial charge on any atom is -0.329 e. The van der Waals surface area contributed by atoms with Gasteiger partial charge in [-0.1, -0.05) is 0 Å². The number of nitrogens with zero attached hydrogens (tertiary/aromatic N) is 4. The molecule has 3 heterocycles. The number of likely N-dealkylation sites (N-methyl/N-ethyl adjacent to an activating group) is 1. The van der Waals surface area contributed by atoms with Gasteiger partial charge in [-0.15, -0.1) is 0 Å². The standard InChI is InChI=1S/C14H18N6/c1-19(6-4-15)9-12-8-17-18-14(12)11-2-3-13-16-5-7-20(13)10-11/h2-3,5,7-8,10H,4,6,9,15H2,1H3,(H,17,18). The average molecular weight is 270 g/mol. The Morgan fingerprint density at radius 3 is 3.15 bits per heavy atom. The molecule has 3 rings (SSSR count). The summed E-state index contributed by atoms with van der Waals surface area (Å²) in [5, 5.41) is 7.26. The number of aromatic amines is 1. The Hall–Kier alpha value is -2.18. The third-order valence-electron chi connectivity index (χ3n) is 3.35. The van der Waals surface area contributed by atoms with Crippen molar-refractivity contribution < 1.29 is 0 Å². The SMILES string of the molecule is CN(CCN)Cc1cn[nH]c1-c1ccc2nccn2c1. The zero-order chi connectivity index (χ0) is 13.9. The summed E-state index contributed by atoms with van der Waals surface area (Å²) in [5.41, 5.74) is 9.84. The molecule has 3 aromatic heterocycles. The Morgan fingerprint density at radius 2 is 2.30 bits per heavy atom. The van der Waals surface area contributed by atoms with Crippen molar-refractivity contribution in [2.75, 3.05) is 20.1 Å². The molecule has 3 N–H and O–H groups in total. The molecule has 0 aromatic carbocycles. The van der Waals surface area contributed by atoms with Gasteiger partial charge < -0.3 is 15.0 Å². The molecule has 0 aliphatic carbocycles. The van der Waals surface area contributed by atoms with Crippen LogP contribution in [-0.2, 0) is 6.54 Å². The first-order valence-corrected chi connectivity index (χ1v) is 6.62. The second-order valence-corrected chi connectivity index (χ2v) is 4.91. The minimum atomic E-state index is 0.657. The van der Waals surface area contributed by atoms with Gasteiger partial charge in [-0.3, -0.25) is 5.10 Å². The smallest absolute Gasteiger partial charge is 0.136 e. The van der Waals surface area contributed by atoms with E-state index in [0.29, 0.717) is 6.54 Å². The fourth-order valence-electron chi connectivity index (χ4n) is 2.34. The van der Waals surface area contributed by atoms with Crippen LogP contribution in [0, 0.1) is 0 Å². The van der Waals surface area contributed by atoms with Crippen molar-refractivity contribution in [3.05, 3.63) is 42.5 Å². The van der Waals surface area contributed by atoms with Crippen LogP contribution in [0.25, 0.3) is 16.9 Å². The van der Waals surface area contributed by atoms with Gasteiger partial charge in [0, 0.05) is 49.4 Å². The van der Waals surface area contributed by atoms with E-state index in [2.05, 4.69) is 39.4 Å². The number of aromatic nitrogens is 4. The van der Waals surface area contributed by atoms with E-state index in [1.807, 2.05) is 22.9 Å². The van der Waals surface area contributed by atoms with Crippen LogP contribution < -0.4 is 5.73 Å². The van der Waals surface area contributed by atoms with Crippen molar-refractivity contribution in [3.63, 3.8) is 0 Å². The number of hydrogen-bond donors (Lipinski definition) is 2. The fraction of sp³-hybridized carbons (Fsp3) is 0.286. The summed E-state index contributed by atoms with van der Waals surface area (Å²) in [7, 11) is 2.06. The van der Waals surface area contributed by atoms with Crippen molar-refractivity contribution >= 4 is 5.65 Å². The molecule has 0 saturated carbocycles. The topological polar surface area (TPSA) is 75.2 Å². The second kappa shape index (κ2) is 5.44. The predicted octanol–water partition coefficient (Wildman–Crippen LogP) is 1.11. The number of H-pyrrole nitrogens is 1. The Balaban J connectivity index is 1.91. The lowest BCUT2D eigenvalue weighted by Gasteiger charge is -2.15. The monoisotopic (exact) mass is 270 g/mol. The summed E-state index contributed by atoms with van der Waals surface area (Å²) in [6, 6.07) is 4.06. The Kier molecular flexibility index (Phi) is 3.49. The van der Waals surface area contributed by atoms with E-state index >= 15 is 0 Å². The van der Waals surface area contributed by atoms with Crippen molar-refractivity contribution in [1.29, 1.82) is 0 Å². The van der Waals surface area contributed by atoms with E-state index in [4.69, 9.17) is 5.73 Å². The molecule has 0 radical (unpaired) electrons. The molecule has 20 heavy (non-hydrogen) atoms. The Labute approximate surface area is 117 Å². The van der Waals surface area contributed by atoms with E-state index in [1.54, 1.807) is 6.20 Å². The highest BCUT2D eigenvalue weighted by Crippen LogP contribution is 2.22. The van der Waals surface area contributed by atoms with Crippen LogP contribution in [0.2, 0.25) is 0 Å². The lowest BCUT2D eigenvalue weighted by atomic mass is 10.1. The molecule has 104 valence electrons. The van der Waals surface area contributed by atoms with Crippen LogP contribution in [0.4, 0.5) is 0 Å². The highest BCUT2D eigenvalue weighted by molar-refractivity contribution is 5.63. The van der Waals surface area contributed by atoms with Crippen LogP contribution in [0.5, 0.6) is 0 Å². The quantitative estimate of drug-likeness (QED) is 0.728. The molecule has 0 aliphatic heterocycles. The van der Waals surface area contributed by atoms with E-state index in [9.17, 15) is 0 Å². The highest BCUT2D eigenvalue weighted by Gasteiger charge is 2.10. The number of nitrogens with two attached hydrogens (primary N) is 1. The molecule has 0 unspecified atom stereocenters. The van der Waals surface area contributed by atoms with Crippen molar-refractivity contribution in [1.82, 2.24) is 24.5 Å². The molecule has 0 aliphatic rings. The maximum atomic E-state index is 5.58. The number of nitrogens with one attached hydrogen (secondary N) is 1. The van der Waals surface area contributed by atoms with Gasteiger partial charge in [0.2, 0.25) is 0 Å². The van der Waals surface area contributed by atoms with Gasteiger partial charge in [-0.2, -0.15) is 5.10 Å². The molecule has 0 atom stereocenters. The molecule has 6 nitrogen and oxygen atoms in total. The van der Waals surface area contributed by atoms with Crippen LogP contribution >= 0.6 is 0 Å². The third kappa shape index (κ3) is 2.43. The van der Waals surface area contributed by atoms with Crippen LogP contribution in [0.1, 0.15) is 5.56 Å². The summed E-state index contributed by atoms with van der Waals surface area (Å²) in [6.07, 6.45) is 7.67. The molecular weight excluding hydrogens is 252 g/mol. The summed E-state index contributed by atoms with van der Waals surface area (Å²) in [4.78, 5) is 6.44. The van der Waals surface area contributed by atoms with Crippen LogP contribution in [0.15, 0.2) is 36.9 Å². The maximum Gasteiger partial charge on any atom is 0.136 e. The molecule has 0 amide bonds. The lowest BCUT2D eigenvalue weighted by Crippen LogP contribution is -2.25. The first-order valence-electron chi connectivity index (χ1n) is 6.62. The number of rotatable bonds is 5. The zero-order valence-corrected chi connectivity index (χ0v) is 11.5. The van der Waals surface area contributed by atoms with Gasteiger partial charge in [0.25, 0.3) is 0 Å². The average Bonchev–Trinajstić information content (AvgIpc) is 3.06. The van der Waals surface area contributed by atoms with Gasteiger partial charge >= 0.3 is 0 Å². The molecule has 0 saturated heterocycles. The second-order valence-electron chi connectivity index (χ2n) is 4.91. The first-order chi connectivity index (χ1) is 9.78. The van der Waals surface area contributed by atoms with Gasteiger partial charge in [0.15, 0.2) is 0 Å². The molecule has 6 heteroatoms. The Bertz CT molecular complexity index is 698. The molecule has 3 aromatic rings. The summed E-state index contributed by atoms with van der Waals surface area (Å²) in [5.74, 6) is 0. The largest absolute Gasteiger partial charge is 0.329 e. The van der Waals surface area contributed by atoms with E-state index in [0.717, 1.165) is 30.0 Å². The van der Waals surface area contributed by atoms with Gasteiger partial charge in [-0.25, -0.2) is 4.98 Å². The molecule has 0 fully saturated rings.